The van der Waals surface area contributed by atoms with Gasteiger partial charge in [0.15, 0.2) is 0 Å². The molecular weight excluding hydrogens is 295 g/mol. The Kier molecular flexibility index (Phi) is 3.69. The molecule has 4 rings (SSSR count). The van der Waals surface area contributed by atoms with Crippen LogP contribution in [0.4, 0.5) is 0 Å². The van der Waals surface area contributed by atoms with Crippen LogP contribution in [0.5, 0.6) is 5.75 Å². The van der Waals surface area contributed by atoms with E-state index in [0.717, 1.165) is 31.4 Å². The molecule has 1 N–H and O–H groups in total. The number of methoxy groups -OCH3 is 1. The Balaban J connectivity index is 1.69. The predicted octanol–water partition coefficient (Wildman–Crippen LogP) is 4.31. The maximum Gasteiger partial charge on any atom is 0.131 e. The molecule has 2 heteroatoms. The van der Waals surface area contributed by atoms with Crippen LogP contribution in [0.3, 0.4) is 0 Å². The number of aryl methyl sites for hydroxylation is 1. The SMILES string of the molecule is COc1ccc2c(c1)CC[C@@H]1[C@@H]2CC[C@@]2(C)[C@H]1CC[C@@]2(O)C#C[11CH3]. The van der Waals surface area contributed by atoms with Crippen molar-refractivity contribution in [2.45, 2.75) is 63.9 Å². The van der Waals surface area contributed by atoms with Gasteiger partial charge >= 0.3 is 0 Å². The largest absolute Gasteiger partial charge is 0.497 e. The van der Waals surface area contributed by atoms with E-state index in [1.165, 1.54) is 24.0 Å². The lowest BCUT2D eigenvalue weighted by Crippen LogP contribution is -2.50. The number of ether oxygens (including phenoxy) is 1. The molecule has 1 aromatic rings. The first-order chi connectivity index (χ1) is 11.5. The number of rotatable bonds is 1. The van der Waals surface area contributed by atoms with Gasteiger partial charge in [-0.2, -0.15) is 0 Å². The molecule has 2 saturated carbocycles. The van der Waals surface area contributed by atoms with E-state index < -0.39 is 5.60 Å². The van der Waals surface area contributed by atoms with Gasteiger partial charge in [0.1, 0.15) is 11.4 Å². The van der Waals surface area contributed by atoms with Gasteiger partial charge in [0.25, 0.3) is 0 Å². The van der Waals surface area contributed by atoms with E-state index in [4.69, 9.17) is 4.74 Å². The van der Waals surface area contributed by atoms with Gasteiger partial charge < -0.3 is 9.84 Å². The van der Waals surface area contributed by atoms with Gasteiger partial charge in [-0.25, -0.2) is 0 Å². The molecule has 0 aliphatic heterocycles. The second-order valence-electron chi connectivity index (χ2n) is 8.21. The molecule has 0 spiro atoms. The van der Waals surface area contributed by atoms with E-state index in [-0.39, 0.29) is 5.41 Å². The Morgan fingerprint density at radius 2 is 2.04 bits per heavy atom. The molecule has 0 unspecified atom stereocenters. The quantitative estimate of drug-likeness (QED) is 0.781. The van der Waals surface area contributed by atoms with Crippen molar-refractivity contribution in [3.05, 3.63) is 29.3 Å². The van der Waals surface area contributed by atoms with Crippen molar-refractivity contribution in [2.24, 2.45) is 17.3 Å². The van der Waals surface area contributed by atoms with Gasteiger partial charge in [-0.05, 0) is 86.5 Å². The highest BCUT2D eigenvalue weighted by Crippen LogP contribution is 2.64. The van der Waals surface area contributed by atoms with Gasteiger partial charge in [0, 0.05) is 5.41 Å². The average Bonchev–Trinajstić information content (AvgIpc) is 2.86. The standard InChI is InChI=1S/C22H28O2/c1-4-11-22(23)13-10-20-19-7-5-15-14-16(24-3)6-8-17(15)18(19)9-12-21(20,22)2/h6,8,14,18-20,23H,5,7,9-10,12-13H2,1-3H3/t18-,19-,20+,21+,22+/m1/s1/i1-1. The lowest BCUT2D eigenvalue weighted by molar-refractivity contribution is -0.0648. The van der Waals surface area contributed by atoms with Crippen LogP contribution < -0.4 is 4.74 Å². The summed E-state index contributed by atoms with van der Waals surface area (Å²) in [5.41, 5.74) is 2.19. The number of fused-ring (bicyclic) bond motifs is 5. The molecule has 5 atom stereocenters. The first kappa shape index (κ1) is 16.0. The van der Waals surface area contributed by atoms with Crippen molar-refractivity contribution in [3.63, 3.8) is 0 Å². The van der Waals surface area contributed by atoms with Crippen molar-refractivity contribution in [1.82, 2.24) is 0 Å². The summed E-state index contributed by atoms with van der Waals surface area (Å²) in [4.78, 5) is 0. The zero-order valence-electron chi connectivity index (χ0n) is 15.1. The molecule has 0 bridgehead atoms. The van der Waals surface area contributed by atoms with Gasteiger partial charge in [-0.15, -0.1) is 5.92 Å². The highest BCUT2D eigenvalue weighted by Gasteiger charge is 2.61. The molecule has 1 aromatic carbocycles. The first-order valence-electron chi connectivity index (χ1n) is 9.35. The first-order valence-corrected chi connectivity index (χ1v) is 9.35. The monoisotopic (exact) mass is 323 g/mol. The van der Waals surface area contributed by atoms with Gasteiger partial charge in [0.2, 0.25) is 0 Å². The molecule has 0 radical (unpaired) electrons. The fourth-order valence-corrected chi connectivity index (χ4v) is 6.11. The minimum absolute atomic E-state index is 0.0405. The Hall–Kier alpha value is -1.46. The number of hydrogen-bond donors (Lipinski definition) is 1. The van der Waals surface area contributed by atoms with Crippen LogP contribution in [0.25, 0.3) is 0 Å². The summed E-state index contributed by atoms with van der Waals surface area (Å²) in [6.07, 6.45) is 6.58. The molecule has 0 saturated heterocycles. The molecule has 0 heterocycles. The summed E-state index contributed by atoms with van der Waals surface area (Å²) < 4.78 is 5.41. The molecule has 0 aromatic heterocycles. The summed E-state index contributed by atoms with van der Waals surface area (Å²) in [6, 6.07) is 6.64. The van der Waals surface area contributed by atoms with Gasteiger partial charge in [-0.1, -0.05) is 18.9 Å². The summed E-state index contributed by atoms with van der Waals surface area (Å²) in [5, 5.41) is 11.2. The topological polar surface area (TPSA) is 29.5 Å². The zero-order chi connectivity index (χ0) is 16.9. The van der Waals surface area contributed by atoms with Crippen molar-refractivity contribution in [3.8, 4) is 17.6 Å². The van der Waals surface area contributed by atoms with Crippen molar-refractivity contribution in [2.75, 3.05) is 7.11 Å². The van der Waals surface area contributed by atoms with Crippen molar-refractivity contribution < 1.29 is 9.84 Å². The van der Waals surface area contributed by atoms with E-state index in [0.29, 0.717) is 17.8 Å². The fraction of sp³-hybridized carbons (Fsp3) is 0.636. The minimum Gasteiger partial charge on any atom is -0.497 e. The fourth-order valence-electron chi connectivity index (χ4n) is 6.11. The molecule has 2 nitrogen and oxygen atoms in total. The van der Waals surface area contributed by atoms with Crippen LogP contribution in [0, 0.1) is 29.1 Å². The minimum atomic E-state index is -0.780. The highest BCUT2D eigenvalue weighted by molar-refractivity contribution is 5.41. The molecule has 0 amide bonds. The van der Waals surface area contributed by atoms with E-state index in [2.05, 4.69) is 37.0 Å². The van der Waals surface area contributed by atoms with E-state index in [1.54, 1.807) is 7.11 Å². The molecule has 3 aliphatic carbocycles. The van der Waals surface area contributed by atoms with E-state index in [1.807, 2.05) is 6.92 Å². The van der Waals surface area contributed by atoms with Crippen molar-refractivity contribution in [1.29, 1.82) is 0 Å². The van der Waals surface area contributed by atoms with Gasteiger partial charge in [0.05, 0.1) is 7.11 Å². The number of benzene rings is 1. The van der Waals surface area contributed by atoms with E-state index in [9.17, 15) is 5.11 Å². The second-order valence-corrected chi connectivity index (χ2v) is 8.21. The normalized spacial score (nSPS) is 39.9. The van der Waals surface area contributed by atoms with Crippen LogP contribution in [0.1, 0.15) is 63.0 Å². The smallest absolute Gasteiger partial charge is 0.131 e. The zero-order valence-corrected chi connectivity index (χ0v) is 15.1. The second kappa shape index (κ2) is 5.53. The number of hydrogen-bond acceptors (Lipinski definition) is 2. The average molecular weight is 323 g/mol. The molecule has 2 fully saturated rings. The van der Waals surface area contributed by atoms with Crippen LogP contribution in [0.15, 0.2) is 18.2 Å². The third kappa shape index (κ3) is 2.07. The summed E-state index contributed by atoms with van der Waals surface area (Å²) in [6.45, 7) is 4.15. The maximum absolute atomic E-state index is 11.2. The predicted molar refractivity (Wildman–Crippen MR) is 96.0 cm³/mol. The Bertz CT molecular complexity index is 712. The Morgan fingerprint density at radius 1 is 1.21 bits per heavy atom. The molecular formula is C22H28O2. The molecule has 3 aliphatic rings. The Labute approximate surface area is 145 Å². The van der Waals surface area contributed by atoms with Crippen molar-refractivity contribution >= 4 is 0 Å². The summed E-state index contributed by atoms with van der Waals surface area (Å²) >= 11 is 0. The number of aliphatic hydroxyl groups is 1. The lowest BCUT2D eigenvalue weighted by Gasteiger charge is -2.52. The summed E-state index contributed by atoms with van der Waals surface area (Å²) in [7, 11) is 1.74. The Morgan fingerprint density at radius 3 is 2.79 bits per heavy atom. The third-order valence-corrected chi connectivity index (χ3v) is 7.42. The van der Waals surface area contributed by atoms with Crippen LogP contribution in [0.2, 0.25) is 0 Å². The highest BCUT2D eigenvalue weighted by atomic mass is 16.5. The third-order valence-electron chi connectivity index (χ3n) is 7.42. The molecule has 24 heavy (non-hydrogen) atoms. The van der Waals surface area contributed by atoms with Crippen LogP contribution in [-0.2, 0) is 6.42 Å². The van der Waals surface area contributed by atoms with Crippen LogP contribution >= 0.6 is 0 Å². The lowest BCUT2D eigenvalue weighted by atomic mass is 9.53. The van der Waals surface area contributed by atoms with Crippen LogP contribution in [-0.4, -0.2) is 17.8 Å². The maximum atomic E-state index is 11.2. The molecule has 128 valence electrons. The van der Waals surface area contributed by atoms with E-state index >= 15 is 0 Å². The van der Waals surface area contributed by atoms with Gasteiger partial charge in [-0.3, -0.25) is 0 Å². The summed E-state index contributed by atoms with van der Waals surface area (Å²) in [5.74, 6) is 9.08.